The van der Waals surface area contributed by atoms with Crippen LogP contribution >= 0.6 is 0 Å². The van der Waals surface area contributed by atoms with Crippen molar-refractivity contribution in [1.82, 2.24) is 16.0 Å². The van der Waals surface area contributed by atoms with Crippen LogP contribution in [-0.2, 0) is 61.9 Å². The van der Waals surface area contributed by atoms with Gasteiger partial charge in [0.05, 0.1) is 54.3 Å². The lowest BCUT2D eigenvalue weighted by molar-refractivity contribution is -0.136. The zero-order valence-electron chi connectivity index (χ0n) is 50.6. The number of unbranched alkanes of at least 4 members (excludes halogenated alkanes) is 1. The number of amides is 3. The molecule has 0 aromatic rings. The van der Waals surface area contributed by atoms with Crippen LogP contribution in [0, 0.1) is 23.7 Å². The fourth-order valence-corrected chi connectivity index (χ4v) is 10.1. The zero-order valence-corrected chi connectivity index (χ0v) is 50.6. The van der Waals surface area contributed by atoms with Crippen LogP contribution in [0.2, 0.25) is 0 Å². The van der Waals surface area contributed by atoms with Gasteiger partial charge in [-0.15, -0.1) is 0 Å². The van der Waals surface area contributed by atoms with Crippen molar-refractivity contribution < 1.29 is 81.7 Å². The summed E-state index contributed by atoms with van der Waals surface area (Å²) in [5, 5.41) is 32.0. The Morgan fingerprint density at radius 2 is 1.52 bits per heavy atom. The minimum absolute atomic E-state index is 0.0472. The number of fused-ring (bicyclic) bond motifs is 2. The molecule has 2 aliphatic carbocycles. The summed E-state index contributed by atoms with van der Waals surface area (Å²) in [6.07, 6.45) is 6.75. The highest BCUT2D eigenvalue weighted by atomic mass is 16.6. The molecule has 2 bridgehead atoms. The molecule has 0 aromatic carbocycles. The molecular formula is C61H88N6O17. The highest BCUT2D eigenvalue weighted by molar-refractivity contribution is 6.24. The maximum absolute atomic E-state index is 14.3. The lowest BCUT2D eigenvalue weighted by Crippen LogP contribution is -2.38. The molecule has 3 rings (SSSR count). The van der Waals surface area contributed by atoms with Gasteiger partial charge in [0, 0.05) is 87.8 Å². The van der Waals surface area contributed by atoms with E-state index >= 15 is 0 Å². The van der Waals surface area contributed by atoms with Gasteiger partial charge in [0.1, 0.15) is 12.2 Å². The fourth-order valence-electron chi connectivity index (χ4n) is 10.1. The number of ketones is 4. The summed E-state index contributed by atoms with van der Waals surface area (Å²) in [7, 11) is 6.97. The SMILES string of the molecule is COC(=O)/C(C)=C/C=C/[C@H](OC)[C@@H](OC(N)=O)/C(C)=C/[C@H](C)[C@@H](O)[C@H](C[C@H](C)CC1=C(NCCCCNC2=C3C[C@@H](C)C[C@H](OC)[C@H](O)[C@@H](C)/C=C(\C)C(OC(N)=O)[C@@H](OC)/C=C\C=C(/C)C(=O)NC(=CC2=O)C3=O)C(=O)C=C(N)C1=O)OC. The fraction of sp³-hybridized carbons (Fsp3) is 0.541. The largest absolute Gasteiger partial charge is 0.466 e. The van der Waals surface area contributed by atoms with Crippen molar-refractivity contribution in [3.8, 4) is 0 Å². The monoisotopic (exact) mass is 1180 g/mol. The molecule has 3 aliphatic rings. The van der Waals surface area contributed by atoms with Gasteiger partial charge in [-0.25, -0.2) is 14.4 Å². The Labute approximate surface area is 492 Å². The zero-order chi connectivity index (χ0) is 63.1. The first kappa shape index (κ1) is 71.0. The number of ether oxygens (including phenoxy) is 7. The van der Waals surface area contributed by atoms with Crippen LogP contribution < -0.4 is 33.2 Å². The van der Waals surface area contributed by atoms with E-state index in [1.54, 1.807) is 65.0 Å². The Balaban J connectivity index is 1.82. The third kappa shape index (κ3) is 20.8. The van der Waals surface area contributed by atoms with Crippen LogP contribution in [0.5, 0.6) is 0 Å². The molecular weight excluding hydrogens is 1090 g/mol. The van der Waals surface area contributed by atoms with Crippen molar-refractivity contribution in [1.29, 1.82) is 0 Å². The van der Waals surface area contributed by atoms with E-state index in [1.807, 2.05) is 13.8 Å². The molecule has 0 spiro atoms. The first-order valence-corrected chi connectivity index (χ1v) is 27.8. The molecule has 0 saturated heterocycles. The summed E-state index contributed by atoms with van der Waals surface area (Å²) in [6.45, 7) is 14.1. The number of rotatable bonds is 25. The molecule has 11 N–H and O–H groups in total. The number of hydrogen-bond acceptors (Lipinski definition) is 20. The standard InChI is InChI=1S/C61H88N6O17/c1-32(26-48(80-11)52(70)36(5)29-39(8)57(84-61(64)77)47(79-10)21-17-19-35(4)59(75)82-13)24-40-50(44(68)30-42(62)54(40)72)65-22-14-15-23-66-51-41-25-33(2)27-49(81-12)53(71)37(6)28-38(7)56(83-60(63)76)46(78-9)20-16-18-34(3)58(74)67-43(55(41)73)31-45(51)69/h16-21,28-33,36-37,46-49,52-53,56-57,65-66,70-71H,14-15,22-27,62H2,1-13H3,(H2,63,76)(H2,64,77)(H,67,74)/b20-16-,21-17+,34-18+,35-19+,38-28+,39-29+/t32-,33-,36+,37+,46+,47+,48+,49+,52-,53-,56?,57+/m1/s1. The summed E-state index contributed by atoms with van der Waals surface area (Å²) in [6, 6.07) is 0. The highest BCUT2D eigenvalue weighted by Crippen LogP contribution is 2.31. The minimum atomic E-state index is -1.10. The summed E-state index contributed by atoms with van der Waals surface area (Å²) in [4.78, 5) is 105. The molecule has 464 valence electrons. The maximum atomic E-state index is 14.3. The average molecular weight is 1180 g/mol. The van der Waals surface area contributed by atoms with Gasteiger partial charge in [-0.3, -0.25) is 24.0 Å². The van der Waals surface area contributed by atoms with Gasteiger partial charge in [-0.05, 0) is 89.2 Å². The molecule has 23 heteroatoms. The minimum Gasteiger partial charge on any atom is -0.466 e. The third-order valence-corrected chi connectivity index (χ3v) is 14.7. The van der Waals surface area contributed by atoms with Crippen LogP contribution in [0.1, 0.15) is 93.9 Å². The Morgan fingerprint density at radius 3 is 2.11 bits per heavy atom. The first-order chi connectivity index (χ1) is 39.6. The van der Waals surface area contributed by atoms with Crippen LogP contribution in [-0.4, -0.2) is 155 Å². The van der Waals surface area contributed by atoms with Gasteiger partial charge < -0.3 is 76.5 Å². The first-order valence-electron chi connectivity index (χ1n) is 27.8. The second-order valence-electron chi connectivity index (χ2n) is 21.5. The van der Waals surface area contributed by atoms with Crippen molar-refractivity contribution in [3.05, 3.63) is 117 Å². The van der Waals surface area contributed by atoms with E-state index in [9.17, 15) is 48.6 Å². The second-order valence-corrected chi connectivity index (χ2v) is 21.5. The van der Waals surface area contributed by atoms with Crippen LogP contribution in [0.3, 0.4) is 0 Å². The molecule has 1 aliphatic heterocycles. The summed E-state index contributed by atoms with van der Waals surface area (Å²) < 4.78 is 38.3. The lowest BCUT2D eigenvalue weighted by atomic mass is 9.85. The van der Waals surface area contributed by atoms with E-state index in [-0.39, 0.29) is 90.1 Å². The predicted molar refractivity (Wildman–Crippen MR) is 312 cm³/mol. The molecule has 0 radical (unpaired) electrons. The number of allylic oxidation sites excluding steroid dienone is 8. The molecule has 0 aromatic heterocycles. The molecule has 1 unspecified atom stereocenters. The van der Waals surface area contributed by atoms with E-state index < -0.39 is 108 Å². The number of esters is 1. The van der Waals surface area contributed by atoms with Gasteiger partial charge >= 0.3 is 18.2 Å². The second kappa shape index (κ2) is 34.5. The van der Waals surface area contributed by atoms with Crippen molar-refractivity contribution in [2.24, 2.45) is 40.9 Å². The number of nitrogens with one attached hydrogen (secondary N) is 3. The van der Waals surface area contributed by atoms with Crippen LogP contribution in [0.15, 0.2) is 117 Å². The van der Waals surface area contributed by atoms with Crippen molar-refractivity contribution in [2.45, 2.75) is 143 Å². The Morgan fingerprint density at radius 1 is 0.881 bits per heavy atom. The molecule has 1 heterocycles. The molecule has 12 atom stereocenters. The molecule has 0 fully saturated rings. The molecule has 3 amide bonds. The van der Waals surface area contributed by atoms with E-state index in [0.717, 1.165) is 12.2 Å². The lowest BCUT2D eigenvalue weighted by Gasteiger charge is -2.30. The van der Waals surface area contributed by atoms with Gasteiger partial charge in [-0.1, -0.05) is 76.3 Å². The number of aliphatic hydroxyl groups is 2. The van der Waals surface area contributed by atoms with E-state index in [4.69, 9.17) is 50.4 Å². The Bertz CT molecular complexity index is 2730. The van der Waals surface area contributed by atoms with Gasteiger partial charge in [-0.2, -0.15) is 0 Å². The third-order valence-electron chi connectivity index (χ3n) is 14.7. The van der Waals surface area contributed by atoms with E-state index in [1.165, 1.54) is 60.7 Å². The van der Waals surface area contributed by atoms with Crippen molar-refractivity contribution >= 4 is 47.2 Å². The molecule has 0 saturated carbocycles. The Hall–Kier alpha value is -7.28. The Kier molecular flexibility index (Phi) is 29.1. The van der Waals surface area contributed by atoms with Gasteiger partial charge in [0.15, 0.2) is 12.2 Å². The number of aliphatic hydroxyl groups excluding tert-OH is 2. The number of carbonyl (C=O) groups excluding carboxylic acids is 8. The number of methoxy groups -OCH3 is 5. The number of carbonyl (C=O) groups is 8. The predicted octanol–water partition coefficient (Wildman–Crippen LogP) is 4.50. The number of Topliss-reactive ketones (excluding diaryl/α,β-unsaturated/α-hetero) is 2. The summed E-state index contributed by atoms with van der Waals surface area (Å²) in [5.74, 6) is -5.12. The molecule has 23 nitrogen and oxygen atoms in total. The smallest absolute Gasteiger partial charge is 0.405 e. The topological polar surface area (TPSA) is 356 Å². The number of nitrogens with two attached hydrogens (primary N) is 3. The van der Waals surface area contributed by atoms with E-state index in [0.29, 0.717) is 29.6 Å². The number of hydrogen-bond donors (Lipinski definition) is 8. The normalized spacial score (nSPS) is 25.6. The van der Waals surface area contributed by atoms with Gasteiger partial charge in [0.2, 0.25) is 23.1 Å². The van der Waals surface area contributed by atoms with Crippen molar-refractivity contribution in [2.75, 3.05) is 48.6 Å². The molecule has 84 heavy (non-hydrogen) atoms. The summed E-state index contributed by atoms with van der Waals surface area (Å²) >= 11 is 0. The van der Waals surface area contributed by atoms with E-state index in [2.05, 4.69) is 16.0 Å². The average Bonchev–Trinajstić information content (AvgIpc) is 2.14. The highest BCUT2D eigenvalue weighted by Gasteiger charge is 2.36. The summed E-state index contributed by atoms with van der Waals surface area (Å²) in [5.41, 5.74) is 18.4. The maximum Gasteiger partial charge on any atom is 0.405 e. The quantitative estimate of drug-likeness (QED) is 0.0119. The van der Waals surface area contributed by atoms with Crippen LogP contribution in [0.25, 0.3) is 0 Å². The van der Waals surface area contributed by atoms with Crippen molar-refractivity contribution in [3.63, 3.8) is 0 Å². The van der Waals surface area contributed by atoms with Gasteiger partial charge in [0.25, 0.3) is 5.91 Å². The number of primary amides is 2. The van der Waals surface area contributed by atoms with Crippen LogP contribution in [0.4, 0.5) is 9.59 Å².